The van der Waals surface area contributed by atoms with Crippen LogP contribution >= 0.6 is 22.7 Å². The molecule has 0 aromatic carbocycles. The first-order valence-corrected chi connectivity index (χ1v) is 10.7. The fourth-order valence-corrected chi connectivity index (χ4v) is 4.63. The van der Waals surface area contributed by atoms with Gasteiger partial charge in [0.25, 0.3) is 5.91 Å². The van der Waals surface area contributed by atoms with E-state index in [2.05, 4.69) is 25.5 Å². The van der Waals surface area contributed by atoms with Gasteiger partial charge in [0, 0.05) is 24.0 Å². The average molecular weight is 408 g/mol. The molecule has 0 spiro atoms. The third kappa shape index (κ3) is 4.72. The van der Waals surface area contributed by atoms with Gasteiger partial charge in [-0.1, -0.05) is 0 Å². The SMILES string of the molecule is Cc1nc(NC(=O)C(C)N2CCC(NC(=O)c3scnc3C)CC2)sc1C. The Labute approximate surface area is 167 Å². The highest BCUT2D eigenvalue weighted by atomic mass is 32.1. The highest BCUT2D eigenvalue weighted by Gasteiger charge is 2.28. The van der Waals surface area contributed by atoms with Gasteiger partial charge in [0.05, 0.1) is 22.9 Å². The molecule has 2 amide bonds. The number of anilines is 1. The summed E-state index contributed by atoms with van der Waals surface area (Å²) in [6.45, 7) is 9.26. The van der Waals surface area contributed by atoms with Crippen LogP contribution in [-0.4, -0.2) is 51.9 Å². The van der Waals surface area contributed by atoms with E-state index in [1.807, 2.05) is 27.7 Å². The fourth-order valence-electron chi connectivity index (χ4n) is 3.10. The van der Waals surface area contributed by atoms with Crippen molar-refractivity contribution in [1.29, 1.82) is 0 Å². The van der Waals surface area contributed by atoms with Crippen LogP contribution < -0.4 is 10.6 Å². The number of aromatic nitrogens is 2. The van der Waals surface area contributed by atoms with Crippen LogP contribution in [0.2, 0.25) is 0 Å². The van der Waals surface area contributed by atoms with Gasteiger partial charge in [-0.3, -0.25) is 14.5 Å². The Bertz CT molecular complexity index is 804. The number of rotatable bonds is 5. The van der Waals surface area contributed by atoms with Crippen molar-refractivity contribution in [3.05, 3.63) is 26.7 Å². The van der Waals surface area contributed by atoms with Gasteiger partial charge in [-0.2, -0.15) is 0 Å². The number of nitrogens with one attached hydrogen (secondary N) is 2. The number of carbonyl (C=O) groups is 2. The van der Waals surface area contributed by atoms with Crippen molar-refractivity contribution in [1.82, 2.24) is 20.2 Å². The topological polar surface area (TPSA) is 87.2 Å². The molecule has 2 aromatic heterocycles. The highest BCUT2D eigenvalue weighted by Crippen LogP contribution is 2.22. The van der Waals surface area contributed by atoms with E-state index in [-0.39, 0.29) is 23.9 Å². The zero-order valence-electron chi connectivity index (χ0n) is 16.0. The Balaban J connectivity index is 1.48. The molecular weight excluding hydrogens is 382 g/mol. The lowest BCUT2D eigenvalue weighted by molar-refractivity contribution is -0.121. The molecule has 7 nitrogen and oxygen atoms in total. The molecule has 27 heavy (non-hydrogen) atoms. The predicted octanol–water partition coefficient (Wildman–Crippen LogP) is 2.75. The quantitative estimate of drug-likeness (QED) is 0.796. The van der Waals surface area contributed by atoms with Gasteiger partial charge in [-0.15, -0.1) is 22.7 Å². The van der Waals surface area contributed by atoms with Gasteiger partial charge in [-0.05, 0) is 40.5 Å². The summed E-state index contributed by atoms with van der Waals surface area (Å²) >= 11 is 2.87. The van der Waals surface area contributed by atoms with Crippen molar-refractivity contribution in [2.75, 3.05) is 18.4 Å². The molecule has 1 fully saturated rings. The summed E-state index contributed by atoms with van der Waals surface area (Å²) in [7, 11) is 0. The first-order valence-electron chi connectivity index (χ1n) is 9.05. The zero-order chi connectivity index (χ0) is 19.6. The van der Waals surface area contributed by atoms with Gasteiger partial charge < -0.3 is 10.6 Å². The van der Waals surface area contributed by atoms with Gasteiger partial charge in [0.15, 0.2) is 5.13 Å². The zero-order valence-corrected chi connectivity index (χ0v) is 17.7. The smallest absolute Gasteiger partial charge is 0.263 e. The molecule has 3 heterocycles. The standard InChI is InChI=1S/C18H25N5O2S2/c1-10-13(4)27-18(20-10)22-16(24)12(3)23-7-5-14(6-8-23)21-17(25)15-11(2)19-9-26-15/h9,12,14H,5-8H2,1-4H3,(H,21,25)(H,20,22,24). The normalized spacial score (nSPS) is 16.9. The number of carbonyl (C=O) groups excluding carboxylic acids is 2. The molecule has 3 rings (SSSR count). The Morgan fingerprint density at radius 3 is 2.48 bits per heavy atom. The van der Waals surface area contributed by atoms with E-state index >= 15 is 0 Å². The molecule has 1 atom stereocenters. The van der Waals surface area contributed by atoms with E-state index in [1.165, 1.54) is 22.7 Å². The second kappa shape index (κ2) is 8.45. The van der Waals surface area contributed by atoms with Gasteiger partial charge in [0.1, 0.15) is 4.88 Å². The summed E-state index contributed by atoms with van der Waals surface area (Å²) < 4.78 is 0. The maximum absolute atomic E-state index is 12.5. The summed E-state index contributed by atoms with van der Waals surface area (Å²) in [6, 6.07) is -0.0929. The van der Waals surface area contributed by atoms with Crippen LogP contribution in [0.5, 0.6) is 0 Å². The molecule has 0 radical (unpaired) electrons. The lowest BCUT2D eigenvalue weighted by Gasteiger charge is -2.35. The van der Waals surface area contributed by atoms with Crippen molar-refractivity contribution in [3.63, 3.8) is 0 Å². The van der Waals surface area contributed by atoms with E-state index in [4.69, 9.17) is 0 Å². The lowest BCUT2D eigenvalue weighted by atomic mass is 10.0. The number of hydrogen-bond acceptors (Lipinski definition) is 7. The van der Waals surface area contributed by atoms with E-state index < -0.39 is 0 Å². The predicted molar refractivity (Wildman–Crippen MR) is 109 cm³/mol. The molecule has 1 aliphatic heterocycles. The van der Waals surface area contributed by atoms with Crippen LogP contribution in [0.4, 0.5) is 5.13 Å². The fraction of sp³-hybridized carbons (Fsp3) is 0.556. The van der Waals surface area contributed by atoms with Crippen LogP contribution in [-0.2, 0) is 4.79 Å². The van der Waals surface area contributed by atoms with E-state index in [9.17, 15) is 9.59 Å². The molecular formula is C18H25N5O2S2. The molecule has 1 unspecified atom stereocenters. The van der Waals surface area contributed by atoms with Crippen LogP contribution in [0.15, 0.2) is 5.51 Å². The van der Waals surface area contributed by atoms with Crippen molar-refractivity contribution in [2.24, 2.45) is 0 Å². The molecule has 2 aromatic rings. The first-order chi connectivity index (χ1) is 12.8. The largest absolute Gasteiger partial charge is 0.348 e. The maximum Gasteiger partial charge on any atom is 0.263 e. The number of piperidine rings is 1. The highest BCUT2D eigenvalue weighted by molar-refractivity contribution is 7.15. The van der Waals surface area contributed by atoms with Crippen molar-refractivity contribution < 1.29 is 9.59 Å². The van der Waals surface area contributed by atoms with E-state index in [1.54, 1.807) is 5.51 Å². The number of hydrogen-bond donors (Lipinski definition) is 2. The van der Waals surface area contributed by atoms with Crippen LogP contribution in [0.1, 0.15) is 45.7 Å². The van der Waals surface area contributed by atoms with Gasteiger partial charge in [-0.25, -0.2) is 9.97 Å². The maximum atomic E-state index is 12.5. The number of likely N-dealkylation sites (tertiary alicyclic amines) is 1. The molecule has 1 saturated heterocycles. The van der Waals surface area contributed by atoms with Crippen molar-refractivity contribution >= 4 is 39.6 Å². The number of aryl methyl sites for hydroxylation is 3. The number of nitrogens with zero attached hydrogens (tertiary/aromatic N) is 3. The third-order valence-electron chi connectivity index (χ3n) is 5.00. The third-order valence-corrected chi connectivity index (χ3v) is 6.92. The Morgan fingerprint density at radius 2 is 1.93 bits per heavy atom. The minimum atomic E-state index is -0.227. The molecule has 0 aliphatic carbocycles. The van der Waals surface area contributed by atoms with E-state index in [0.717, 1.165) is 42.2 Å². The summed E-state index contributed by atoms with van der Waals surface area (Å²) in [4.78, 5) is 37.3. The number of amides is 2. The molecule has 1 aliphatic rings. The van der Waals surface area contributed by atoms with Crippen LogP contribution in [0.25, 0.3) is 0 Å². The summed E-state index contributed by atoms with van der Waals surface area (Å²) in [5, 5.41) is 6.67. The average Bonchev–Trinajstić information content (AvgIpc) is 3.20. The lowest BCUT2D eigenvalue weighted by Crippen LogP contribution is -2.50. The Kier molecular flexibility index (Phi) is 6.23. The van der Waals surface area contributed by atoms with Gasteiger partial charge in [0.2, 0.25) is 5.91 Å². The molecule has 2 N–H and O–H groups in total. The molecule has 0 saturated carbocycles. The Hall–Kier alpha value is -1.84. The summed E-state index contributed by atoms with van der Waals surface area (Å²) in [6.07, 6.45) is 1.66. The molecule has 9 heteroatoms. The second-order valence-corrected chi connectivity index (χ2v) is 8.93. The number of thiazole rings is 2. The van der Waals surface area contributed by atoms with Crippen molar-refractivity contribution in [3.8, 4) is 0 Å². The minimum Gasteiger partial charge on any atom is -0.348 e. The Morgan fingerprint density at radius 1 is 1.22 bits per heavy atom. The first kappa shape index (κ1) is 19.9. The summed E-state index contributed by atoms with van der Waals surface area (Å²) in [5.41, 5.74) is 3.42. The van der Waals surface area contributed by atoms with Gasteiger partial charge >= 0.3 is 0 Å². The summed E-state index contributed by atoms with van der Waals surface area (Å²) in [5.74, 6) is -0.0831. The molecule has 146 valence electrons. The van der Waals surface area contributed by atoms with E-state index in [0.29, 0.717) is 10.0 Å². The van der Waals surface area contributed by atoms with Crippen molar-refractivity contribution in [2.45, 2.75) is 52.6 Å². The second-order valence-electron chi connectivity index (χ2n) is 6.88. The van der Waals surface area contributed by atoms with Crippen LogP contribution in [0.3, 0.4) is 0 Å². The molecule has 0 bridgehead atoms. The minimum absolute atomic E-state index is 0.0356. The monoisotopic (exact) mass is 407 g/mol. The van der Waals surface area contributed by atoms with Crippen LogP contribution in [0, 0.1) is 20.8 Å².